The first kappa shape index (κ1) is 18.5. The van der Waals surface area contributed by atoms with Crippen molar-refractivity contribution in [1.82, 2.24) is 0 Å². The molecule has 5 nitrogen and oxygen atoms in total. The standard InChI is InChI=1S/C20H23NO4S/c1-4-24-20(23)18-14-6-5-7-16(14)26-19(18)21-17(22)11-25-15-9-8-12(2)10-13(15)3/h8-10H,4-7,11H2,1-3H3,(H,21,22). The van der Waals surface area contributed by atoms with Crippen molar-refractivity contribution in [3.63, 3.8) is 0 Å². The molecule has 1 aliphatic carbocycles. The zero-order chi connectivity index (χ0) is 18.7. The van der Waals surface area contributed by atoms with E-state index in [2.05, 4.69) is 5.32 Å². The minimum Gasteiger partial charge on any atom is -0.483 e. The van der Waals surface area contributed by atoms with Crippen molar-refractivity contribution in [1.29, 1.82) is 0 Å². The Bertz CT molecular complexity index is 841. The second-order valence-electron chi connectivity index (χ2n) is 6.39. The van der Waals surface area contributed by atoms with E-state index < -0.39 is 0 Å². The number of esters is 1. The number of nitrogens with one attached hydrogen (secondary N) is 1. The van der Waals surface area contributed by atoms with Crippen molar-refractivity contribution in [3.05, 3.63) is 45.3 Å². The maximum absolute atomic E-state index is 12.3. The highest BCUT2D eigenvalue weighted by Crippen LogP contribution is 2.39. The Morgan fingerprint density at radius 2 is 2.04 bits per heavy atom. The lowest BCUT2D eigenvalue weighted by Crippen LogP contribution is -2.21. The van der Waals surface area contributed by atoms with Gasteiger partial charge in [0, 0.05) is 4.88 Å². The van der Waals surface area contributed by atoms with E-state index >= 15 is 0 Å². The lowest BCUT2D eigenvalue weighted by molar-refractivity contribution is -0.118. The van der Waals surface area contributed by atoms with Crippen LogP contribution in [0.4, 0.5) is 5.00 Å². The number of fused-ring (bicyclic) bond motifs is 1. The minimum atomic E-state index is -0.363. The van der Waals surface area contributed by atoms with E-state index in [1.54, 1.807) is 6.92 Å². The van der Waals surface area contributed by atoms with Gasteiger partial charge in [0.25, 0.3) is 5.91 Å². The molecule has 26 heavy (non-hydrogen) atoms. The molecule has 138 valence electrons. The predicted molar refractivity (Wildman–Crippen MR) is 102 cm³/mol. The molecule has 1 heterocycles. The van der Waals surface area contributed by atoms with Crippen molar-refractivity contribution in [2.45, 2.75) is 40.0 Å². The summed E-state index contributed by atoms with van der Waals surface area (Å²) in [6.07, 6.45) is 2.84. The molecule has 0 spiro atoms. The second kappa shape index (κ2) is 7.91. The van der Waals surface area contributed by atoms with Crippen LogP contribution < -0.4 is 10.1 Å². The molecular weight excluding hydrogens is 350 g/mol. The van der Waals surface area contributed by atoms with Crippen LogP contribution in [0.3, 0.4) is 0 Å². The van der Waals surface area contributed by atoms with Gasteiger partial charge in [-0.3, -0.25) is 4.79 Å². The van der Waals surface area contributed by atoms with Crippen LogP contribution in [-0.4, -0.2) is 25.1 Å². The first-order valence-electron chi connectivity index (χ1n) is 8.81. The number of carbonyl (C=O) groups excluding carboxylic acids is 2. The van der Waals surface area contributed by atoms with E-state index in [1.807, 2.05) is 32.0 Å². The predicted octanol–water partition coefficient (Wildman–Crippen LogP) is 4.05. The molecule has 1 aliphatic rings. The van der Waals surface area contributed by atoms with E-state index in [0.29, 0.717) is 22.9 Å². The van der Waals surface area contributed by atoms with Crippen LogP contribution in [0, 0.1) is 13.8 Å². The number of thiophene rings is 1. The van der Waals surface area contributed by atoms with E-state index in [-0.39, 0.29) is 18.5 Å². The highest BCUT2D eigenvalue weighted by Gasteiger charge is 2.28. The second-order valence-corrected chi connectivity index (χ2v) is 7.49. The molecule has 0 fully saturated rings. The molecule has 2 aromatic rings. The van der Waals surface area contributed by atoms with Crippen LogP contribution in [0.1, 0.15) is 45.3 Å². The van der Waals surface area contributed by atoms with Crippen molar-refractivity contribution in [2.24, 2.45) is 0 Å². The molecule has 0 aliphatic heterocycles. The molecule has 1 aromatic heterocycles. The molecule has 0 radical (unpaired) electrons. The van der Waals surface area contributed by atoms with Gasteiger partial charge in [0.05, 0.1) is 12.2 Å². The minimum absolute atomic E-state index is 0.102. The average molecular weight is 373 g/mol. The van der Waals surface area contributed by atoms with E-state index in [0.717, 1.165) is 36.0 Å². The van der Waals surface area contributed by atoms with Gasteiger partial charge in [0.1, 0.15) is 10.8 Å². The van der Waals surface area contributed by atoms with Gasteiger partial charge in [-0.05, 0) is 57.2 Å². The van der Waals surface area contributed by atoms with Crippen LogP contribution in [0.5, 0.6) is 5.75 Å². The SMILES string of the molecule is CCOC(=O)c1c(NC(=O)COc2ccc(C)cc2C)sc2c1CCC2. The summed E-state index contributed by atoms with van der Waals surface area (Å²) in [6.45, 7) is 5.95. The zero-order valence-corrected chi connectivity index (χ0v) is 16.1. The maximum atomic E-state index is 12.3. The third-order valence-corrected chi connectivity index (χ3v) is 5.55. The molecular formula is C20H23NO4S. The number of ether oxygens (including phenoxy) is 2. The topological polar surface area (TPSA) is 64.6 Å². The lowest BCUT2D eigenvalue weighted by Gasteiger charge is -2.11. The van der Waals surface area contributed by atoms with E-state index in [1.165, 1.54) is 16.2 Å². The molecule has 0 saturated heterocycles. The van der Waals surface area contributed by atoms with Gasteiger partial charge < -0.3 is 14.8 Å². The normalized spacial score (nSPS) is 12.6. The smallest absolute Gasteiger partial charge is 0.341 e. The molecule has 0 bridgehead atoms. The first-order valence-corrected chi connectivity index (χ1v) is 9.62. The monoisotopic (exact) mass is 373 g/mol. The molecule has 6 heteroatoms. The van der Waals surface area contributed by atoms with Gasteiger partial charge in [-0.15, -0.1) is 11.3 Å². The third-order valence-electron chi connectivity index (χ3n) is 4.34. The summed E-state index contributed by atoms with van der Waals surface area (Å²) >= 11 is 1.47. The number of anilines is 1. The average Bonchev–Trinajstić information content (AvgIpc) is 3.14. The van der Waals surface area contributed by atoms with Crippen molar-refractivity contribution >= 4 is 28.2 Å². The number of rotatable bonds is 6. The Labute approximate surface area is 157 Å². The Morgan fingerprint density at radius 1 is 1.23 bits per heavy atom. The number of hydrogen-bond acceptors (Lipinski definition) is 5. The highest BCUT2D eigenvalue weighted by atomic mass is 32.1. The number of amides is 1. The summed E-state index contributed by atoms with van der Waals surface area (Å²) in [5.41, 5.74) is 3.68. The maximum Gasteiger partial charge on any atom is 0.341 e. The summed E-state index contributed by atoms with van der Waals surface area (Å²) in [5, 5.41) is 3.41. The third kappa shape index (κ3) is 3.90. The Morgan fingerprint density at radius 3 is 2.77 bits per heavy atom. The Balaban J connectivity index is 1.70. The van der Waals surface area contributed by atoms with Crippen LogP contribution in [0.15, 0.2) is 18.2 Å². The van der Waals surface area contributed by atoms with Crippen LogP contribution >= 0.6 is 11.3 Å². The van der Waals surface area contributed by atoms with E-state index in [4.69, 9.17) is 9.47 Å². The summed E-state index contributed by atoms with van der Waals surface area (Å²) in [6, 6.07) is 5.82. The van der Waals surface area contributed by atoms with Crippen molar-refractivity contribution in [3.8, 4) is 5.75 Å². The fourth-order valence-corrected chi connectivity index (χ4v) is 4.47. The van der Waals surface area contributed by atoms with Crippen molar-refractivity contribution < 1.29 is 19.1 Å². The van der Waals surface area contributed by atoms with Crippen LogP contribution in [0.25, 0.3) is 0 Å². The number of hydrogen-bond donors (Lipinski definition) is 1. The molecule has 3 rings (SSSR count). The van der Waals surface area contributed by atoms with Gasteiger partial charge in [-0.1, -0.05) is 17.7 Å². The largest absolute Gasteiger partial charge is 0.483 e. The first-order chi connectivity index (χ1) is 12.5. The fraction of sp³-hybridized carbons (Fsp3) is 0.400. The summed E-state index contributed by atoms with van der Waals surface area (Å²) in [4.78, 5) is 25.8. The van der Waals surface area contributed by atoms with Gasteiger partial charge in [-0.25, -0.2) is 4.79 Å². The molecule has 0 saturated carbocycles. The zero-order valence-electron chi connectivity index (χ0n) is 15.3. The quantitative estimate of drug-likeness (QED) is 0.776. The Hall–Kier alpha value is -2.34. The molecule has 1 aromatic carbocycles. The fourth-order valence-electron chi connectivity index (χ4n) is 3.18. The molecule has 1 N–H and O–H groups in total. The highest BCUT2D eigenvalue weighted by molar-refractivity contribution is 7.17. The summed E-state index contributed by atoms with van der Waals surface area (Å²) < 4.78 is 10.8. The number of benzene rings is 1. The summed E-state index contributed by atoms with van der Waals surface area (Å²) in [7, 11) is 0. The molecule has 0 unspecified atom stereocenters. The van der Waals surface area contributed by atoms with E-state index in [9.17, 15) is 9.59 Å². The molecule has 0 atom stereocenters. The lowest BCUT2D eigenvalue weighted by atomic mass is 10.1. The number of carbonyl (C=O) groups is 2. The van der Waals surface area contributed by atoms with Gasteiger partial charge >= 0.3 is 5.97 Å². The van der Waals surface area contributed by atoms with Crippen LogP contribution in [-0.2, 0) is 22.4 Å². The molecule has 1 amide bonds. The van der Waals surface area contributed by atoms with Crippen molar-refractivity contribution in [2.75, 3.05) is 18.5 Å². The van der Waals surface area contributed by atoms with Gasteiger partial charge in [0.2, 0.25) is 0 Å². The van der Waals surface area contributed by atoms with Crippen LogP contribution in [0.2, 0.25) is 0 Å². The van der Waals surface area contributed by atoms with Gasteiger partial charge in [-0.2, -0.15) is 0 Å². The number of aryl methyl sites for hydroxylation is 3. The summed E-state index contributed by atoms with van der Waals surface area (Å²) in [5.74, 6) is 0.0398. The van der Waals surface area contributed by atoms with Gasteiger partial charge in [0.15, 0.2) is 6.61 Å². The Kier molecular flexibility index (Phi) is 5.61.